The van der Waals surface area contributed by atoms with Crippen molar-refractivity contribution in [2.24, 2.45) is 10.9 Å². The predicted octanol–water partition coefficient (Wildman–Crippen LogP) is 2.16. The molecule has 1 saturated heterocycles. The van der Waals surface area contributed by atoms with Crippen LogP contribution in [0.1, 0.15) is 12.2 Å². The zero-order valence-electron chi connectivity index (χ0n) is 17.8. The van der Waals surface area contributed by atoms with Gasteiger partial charge in [-0.1, -0.05) is 0 Å². The lowest BCUT2D eigenvalue weighted by atomic mass is 10.1. The number of ether oxygens (including phenoxy) is 3. The summed E-state index contributed by atoms with van der Waals surface area (Å²) in [4.78, 5) is 11.2. The first-order chi connectivity index (χ1) is 14.2. The first kappa shape index (κ1) is 24.4. The van der Waals surface area contributed by atoms with Gasteiger partial charge < -0.3 is 24.4 Å². The van der Waals surface area contributed by atoms with Crippen LogP contribution in [0.4, 0.5) is 0 Å². The molecule has 0 bridgehead atoms. The van der Waals surface area contributed by atoms with Crippen molar-refractivity contribution in [2.75, 3.05) is 54.2 Å². The summed E-state index contributed by atoms with van der Waals surface area (Å²) in [5.41, 5.74) is 0.938. The van der Waals surface area contributed by atoms with Crippen molar-refractivity contribution in [3.05, 3.63) is 30.1 Å². The number of rotatable bonds is 9. The highest BCUT2D eigenvalue weighted by molar-refractivity contribution is 14.0. The maximum absolute atomic E-state index is 5.67. The Labute approximate surface area is 194 Å². The minimum absolute atomic E-state index is 0. The second-order valence-electron chi connectivity index (χ2n) is 6.90. The number of aliphatic imine (C=N–C) groups is 1. The van der Waals surface area contributed by atoms with Gasteiger partial charge in [-0.3, -0.25) is 10.1 Å². The van der Waals surface area contributed by atoms with Gasteiger partial charge in [0.1, 0.15) is 11.6 Å². The quantitative estimate of drug-likeness (QED) is 0.222. The summed E-state index contributed by atoms with van der Waals surface area (Å²) in [6.45, 7) is 4.45. The summed E-state index contributed by atoms with van der Waals surface area (Å²) in [5, 5.41) is 10.7. The van der Waals surface area contributed by atoms with Crippen molar-refractivity contribution < 1.29 is 14.2 Å². The summed E-state index contributed by atoms with van der Waals surface area (Å²) in [5.74, 6) is 3.61. The third kappa shape index (κ3) is 6.81. The minimum atomic E-state index is 0. The van der Waals surface area contributed by atoms with E-state index in [-0.39, 0.29) is 24.0 Å². The Morgan fingerprint density at radius 3 is 2.77 bits per heavy atom. The van der Waals surface area contributed by atoms with Crippen LogP contribution in [0.3, 0.4) is 0 Å². The molecule has 1 unspecified atom stereocenters. The van der Waals surface area contributed by atoms with Gasteiger partial charge in [0.05, 0.1) is 33.5 Å². The van der Waals surface area contributed by atoms with E-state index in [4.69, 9.17) is 14.2 Å². The van der Waals surface area contributed by atoms with Crippen LogP contribution in [0, 0.1) is 5.92 Å². The van der Waals surface area contributed by atoms with Crippen molar-refractivity contribution in [3.8, 4) is 17.1 Å². The van der Waals surface area contributed by atoms with E-state index >= 15 is 0 Å². The lowest BCUT2D eigenvalue weighted by Crippen LogP contribution is -2.40. The SMILES string of the molecule is CN=C(NCc1nc(-c2ccc(OC)cc2)n[nH]1)N1CCC(COCCOC)C1.I. The second kappa shape index (κ2) is 12.7. The van der Waals surface area contributed by atoms with E-state index in [1.807, 2.05) is 24.3 Å². The fraction of sp³-hybridized carbons (Fsp3) is 0.550. The van der Waals surface area contributed by atoms with Crippen LogP contribution in [-0.4, -0.2) is 80.2 Å². The van der Waals surface area contributed by atoms with E-state index in [0.717, 1.165) is 49.2 Å². The molecule has 2 aromatic rings. The molecule has 3 rings (SSSR count). The number of aromatic amines is 1. The highest BCUT2D eigenvalue weighted by Crippen LogP contribution is 2.19. The molecule has 1 aromatic heterocycles. The molecule has 2 N–H and O–H groups in total. The van der Waals surface area contributed by atoms with E-state index < -0.39 is 0 Å². The molecule has 30 heavy (non-hydrogen) atoms. The van der Waals surface area contributed by atoms with Crippen molar-refractivity contribution in [2.45, 2.75) is 13.0 Å². The molecular formula is C20H31IN6O3. The van der Waals surface area contributed by atoms with Crippen LogP contribution < -0.4 is 10.1 Å². The Hall–Kier alpha value is -1.92. The Balaban J connectivity index is 0.00000320. The fourth-order valence-electron chi connectivity index (χ4n) is 3.29. The second-order valence-corrected chi connectivity index (χ2v) is 6.90. The van der Waals surface area contributed by atoms with Crippen molar-refractivity contribution in [3.63, 3.8) is 0 Å². The van der Waals surface area contributed by atoms with Crippen LogP contribution in [0.5, 0.6) is 5.75 Å². The molecule has 9 nitrogen and oxygen atoms in total. The van der Waals surface area contributed by atoms with Gasteiger partial charge in [-0.2, -0.15) is 5.10 Å². The molecule has 0 aliphatic carbocycles. The van der Waals surface area contributed by atoms with Gasteiger partial charge >= 0.3 is 0 Å². The van der Waals surface area contributed by atoms with Crippen LogP contribution in [-0.2, 0) is 16.0 Å². The van der Waals surface area contributed by atoms with Gasteiger partial charge in [0.25, 0.3) is 0 Å². The number of nitrogens with zero attached hydrogens (tertiary/aromatic N) is 4. The minimum Gasteiger partial charge on any atom is -0.497 e. The van der Waals surface area contributed by atoms with E-state index in [0.29, 0.717) is 31.5 Å². The van der Waals surface area contributed by atoms with Gasteiger partial charge in [-0.05, 0) is 30.7 Å². The number of benzene rings is 1. The molecule has 0 spiro atoms. The largest absolute Gasteiger partial charge is 0.497 e. The van der Waals surface area contributed by atoms with Crippen LogP contribution in [0.15, 0.2) is 29.3 Å². The predicted molar refractivity (Wildman–Crippen MR) is 126 cm³/mol. The maximum Gasteiger partial charge on any atom is 0.194 e. The number of aromatic nitrogens is 3. The number of halogens is 1. The monoisotopic (exact) mass is 530 g/mol. The van der Waals surface area contributed by atoms with Crippen LogP contribution in [0.2, 0.25) is 0 Å². The van der Waals surface area contributed by atoms with Crippen molar-refractivity contribution >= 4 is 29.9 Å². The number of hydrogen-bond donors (Lipinski definition) is 2. The number of likely N-dealkylation sites (tertiary alicyclic amines) is 1. The van der Waals surface area contributed by atoms with E-state index in [1.54, 1.807) is 21.3 Å². The molecule has 0 radical (unpaired) electrons. The first-order valence-corrected chi connectivity index (χ1v) is 9.81. The molecule has 1 aliphatic rings. The van der Waals surface area contributed by atoms with Gasteiger partial charge in [0, 0.05) is 38.7 Å². The summed E-state index contributed by atoms with van der Waals surface area (Å²) in [7, 11) is 5.13. The van der Waals surface area contributed by atoms with Gasteiger partial charge in [-0.25, -0.2) is 4.98 Å². The molecule has 0 saturated carbocycles. The summed E-state index contributed by atoms with van der Waals surface area (Å²) >= 11 is 0. The Morgan fingerprint density at radius 1 is 1.27 bits per heavy atom. The third-order valence-corrected chi connectivity index (χ3v) is 4.88. The highest BCUT2D eigenvalue weighted by atomic mass is 127. The normalized spacial score (nSPS) is 16.4. The average Bonchev–Trinajstić information content (AvgIpc) is 3.42. The summed E-state index contributed by atoms with van der Waals surface area (Å²) in [6.07, 6.45) is 1.09. The third-order valence-electron chi connectivity index (χ3n) is 4.88. The zero-order chi connectivity index (χ0) is 20.5. The van der Waals surface area contributed by atoms with Gasteiger partial charge in [0.15, 0.2) is 11.8 Å². The number of H-pyrrole nitrogens is 1. The van der Waals surface area contributed by atoms with E-state index in [2.05, 4.69) is 30.4 Å². The topological polar surface area (TPSA) is 96.9 Å². The van der Waals surface area contributed by atoms with Crippen molar-refractivity contribution in [1.82, 2.24) is 25.4 Å². The van der Waals surface area contributed by atoms with Crippen LogP contribution >= 0.6 is 24.0 Å². The first-order valence-electron chi connectivity index (χ1n) is 9.81. The molecule has 10 heteroatoms. The van der Waals surface area contributed by atoms with E-state index in [9.17, 15) is 0 Å². The molecular weight excluding hydrogens is 499 g/mol. The summed E-state index contributed by atoms with van der Waals surface area (Å²) in [6, 6.07) is 7.68. The number of methoxy groups -OCH3 is 2. The maximum atomic E-state index is 5.67. The molecule has 2 heterocycles. The number of hydrogen-bond acceptors (Lipinski definition) is 6. The van der Waals surface area contributed by atoms with Crippen molar-refractivity contribution in [1.29, 1.82) is 0 Å². The summed E-state index contributed by atoms with van der Waals surface area (Å²) < 4.78 is 15.9. The van der Waals surface area contributed by atoms with Gasteiger partial charge in [0.2, 0.25) is 0 Å². The lowest BCUT2D eigenvalue weighted by Gasteiger charge is -2.21. The Kier molecular flexibility index (Phi) is 10.3. The standard InChI is InChI=1S/C20H30N6O3.HI/c1-21-20(26-9-8-15(13-26)14-29-11-10-27-2)22-12-18-23-19(25-24-18)16-4-6-17(28-3)7-5-16;/h4-7,15H,8-14H2,1-3H3,(H,21,22)(H,23,24,25);1H. The Morgan fingerprint density at radius 2 is 2.07 bits per heavy atom. The number of guanidine groups is 1. The zero-order valence-corrected chi connectivity index (χ0v) is 20.1. The van der Waals surface area contributed by atoms with Crippen LogP contribution in [0.25, 0.3) is 11.4 Å². The molecule has 0 amide bonds. The molecule has 166 valence electrons. The average molecular weight is 530 g/mol. The smallest absolute Gasteiger partial charge is 0.194 e. The molecule has 1 fully saturated rings. The van der Waals surface area contributed by atoms with E-state index in [1.165, 1.54) is 0 Å². The lowest BCUT2D eigenvalue weighted by molar-refractivity contribution is 0.0536. The molecule has 1 aromatic carbocycles. The Bertz CT molecular complexity index is 783. The van der Waals surface area contributed by atoms with Gasteiger partial charge in [-0.15, -0.1) is 24.0 Å². The number of nitrogens with one attached hydrogen (secondary N) is 2. The fourth-order valence-corrected chi connectivity index (χ4v) is 3.29. The molecule has 1 aliphatic heterocycles. The molecule has 1 atom stereocenters. The highest BCUT2D eigenvalue weighted by Gasteiger charge is 2.25.